The molecule has 3 aromatic rings. The van der Waals surface area contributed by atoms with E-state index < -0.39 is 6.04 Å². The zero-order valence-electron chi connectivity index (χ0n) is 14.3. The summed E-state index contributed by atoms with van der Waals surface area (Å²) in [6.45, 7) is 0.432. The molecule has 0 fully saturated rings. The topological polar surface area (TPSA) is 62.3 Å². The van der Waals surface area contributed by atoms with Crippen LogP contribution in [-0.4, -0.2) is 27.7 Å². The van der Waals surface area contributed by atoms with Crippen LogP contribution in [-0.2, 0) is 17.8 Å². The Morgan fingerprint density at radius 2 is 1.93 bits per heavy atom. The monoisotopic (exact) mass is 441 g/mol. The standard InChI is InChI=1S/C20H16BrN3O2S/c21-17-12-27-20(22-17)23-18(25)16(10-13-6-2-1-3-7-13)24-11-14-8-4-5-9-15(14)19(24)26/h1-9,12,16H,10-11H2,(H,22,23,25). The molecule has 0 saturated carbocycles. The van der Waals surface area contributed by atoms with E-state index in [0.29, 0.717) is 28.3 Å². The maximum Gasteiger partial charge on any atom is 0.255 e. The normalized spacial score (nSPS) is 14.1. The Labute approximate surface area is 169 Å². The van der Waals surface area contributed by atoms with Gasteiger partial charge in [0.05, 0.1) is 0 Å². The number of anilines is 1. The van der Waals surface area contributed by atoms with E-state index in [-0.39, 0.29) is 11.8 Å². The van der Waals surface area contributed by atoms with E-state index in [4.69, 9.17) is 0 Å². The lowest BCUT2D eigenvalue weighted by Crippen LogP contribution is -2.45. The fourth-order valence-corrected chi connectivity index (χ4v) is 4.36. The first kappa shape index (κ1) is 17.9. The number of amides is 2. The van der Waals surface area contributed by atoms with Crippen molar-refractivity contribution in [3.8, 4) is 0 Å². The third-order valence-electron chi connectivity index (χ3n) is 4.51. The minimum atomic E-state index is -0.616. The smallest absolute Gasteiger partial charge is 0.255 e. The van der Waals surface area contributed by atoms with Crippen molar-refractivity contribution in [2.24, 2.45) is 0 Å². The van der Waals surface area contributed by atoms with Crippen LogP contribution >= 0.6 is 27.3 Å². The molecule has 0 aliphatic carbocycles. The van der Waals surface area contributed by atoms with Crippen molar-refractivity contribution < 1.29 is 9.59 Å². The summed E-state index contributed by atoms with van der Waals surface area (Å²) in [5.74, 6) is -0.344. The van der Waals surface area contributed by atoms with Crippen molar-refractivity contribution >= 4 is 44.2 Å². The second-order valence-electron chi connectivity index (χ2n) is 6.26. The summed E-state index contributed by atoms with van der Waals surface area (Å²) in [5, 5.41) is 5.16. The van der Waals surface area contributed by atoms with Gasteiger partial charge in [-0.05, 0) is 33.1 Å². The molecule has 2 amide bonds. The van der Waals surface area contributed by atoms with Crippen molar-refractivity contribution in [1.29, 1.82) is 0 Å². The van der Waals surface area contributed by atoms with Crippen LogP contribution in [0.2, 0.25) is 0 Å². The molecule has 1 N–H and O–H groups in total. The molecular formula is C20H16BrN3O2S. The molecule has 1 atom stereocenters. The van der Waals surface area contributed by atoms with Gasteiger partial charge < -0.3 is 10.2 Å². The Hall–Kier alpha value is -2.51. The molecule has 1 aromatic heterocycles. The Bertz CT molecular complexity index is 990. The third-order valence-corrected chi connectivity index (χ3v) is 5.97. The molecule has 4 rings (SSSR count). The summed E-state index contributed by atoms with van der Waals surface area (Å²) in [5.41, 5.74) is 2.62. The average Bonchev–Trinajstić information content (AvgIpc) is 3.24. The van der Waals surface area contributed by atoms with Crippen LogP contribution in [0.15, 0.2) is 64.6 Å². The van der Waals surface area contributed by atoms with Gasteiger partial charge in [-0.3, -0.25) is 9.59 Å². The number of hydrogen-bond acceptors (Lipinski definition) is 4. The SMILES string of the molecule is O=C(Nc1nc(Br)cs1)C(Cc1ccccc1)N1Cc2ccccc2C1=O. The molecule has 27 heavy (non-hydrogen) atoms. The Balaban J connectivity index is 1.62. The summed E-state index contributed by atoms with van der Waals surface area (Å²) in [4.78, 5) is 31.8. The van der Waals surface area contributed by atoms with Gasteiger partial charge in [0.25, 0.3) is 5.91 Å². The first-order valence-corrected chi connectivity index (χ1v) is 10.1. The number of rotatable bonds is 5. The van der Waals surface area contributed by atoms with Crippen LogP contribution in [0.25, 0.3) is 0 Å². The first-order chi connectivity index (χ1) is 13.1. The van der Waals surface area contributed by atoms with Crippen LogP contribution in [0.4, 0.5) is 5.13 Å². The lowest BCUT2D eigenvalue weighted by molar-refractivity contribution is -0.120. The number of aromatic nitrogens is 1. The van der Waals surface area contributed by atoms with Crippen LogP contribution in [0.3, 0.4) is 0 Å². The molecule has 2 aromatic carbocycles. The highest BCUT2D eigenvalue weighted by molar-refractivity contribution is 9.10. The average molecular weight is 442 g/mol. The number of benzene rings is 2. The lowest BCUT2D eigenvalue weighted by Gasteiger charge is -2.26. The number of carbonyl (C=O) groups excluding carboxylic acids is 2. The summed E-state index contributed by atoms with van der Waals surface area (Å²) < 4.78 is 0.673. The van der Waals surface area contributed by atoms with Gasteiger partial charge in [-0.25, -0.2) is 4.98 Å². The quantitative estimate of drug-likeness (QED) is 0.647. The molecular weight excluding hydrogens is 426 g/mol. The number of halogens is 1. The van der Waals surface area contributed by atoms with Crippen molar-refractivity contribution in [1.82, 2.24) is 9.88 Å². The van der Waals surface area contributed by atoms with Gasteiger partial charge in [-0.1, -0.05) is 48.5 Å². The Kier molecular flexibility index (Phi) is 5.05. The third kappa shape index (κ3) is 3.79. The van der Waals surface area contributed by atoms with Gasteiger partial charge in [0.15, 0.2) is 5.13 Å². The molecule has 0 saturated heterocycles. The predicted octanol–water partition coefficient (Wildman–Crippen LogP) is 4.11. The maximum atomic E-state index is 13.1. The number of thiazole rings is 1. The molecule has 0 bridgehead atoms. The van der Waals surface area contributed by atoms with Gasteiger partial charge in [-0.15, -0.1) is 11.3 Å². The molecule has 0 spiro atoms. The first-order valence-electron chi connectivity index (χ1n) is 8.46. The molecule has 1 aliphatic heterocycles. The zero-order chi connectivity index (χ0) is 18.8. The van der Waals surface area contributed by atoms with E-state index in [9.17, 15) is 9.59 Å². The largest absolute Gasteiger partial charge is 0.322 e. The number of carbonyl (C=O) groups is 2. The number of nitrogens with zero attached hydrogens (tertiary/aromatic N) is 2. The molecule has 0 radical (unpaired) electrons. The summed E-state index contributed by atoms with van der Waals surface area (Å²) in [6.07, 6.45) is 0.443. The van der Waals surface area contributed by atoms with Crippen LogP contribution < -0.4 is 5.32 Å². The van der Waals surface area contributed by atoms with Crippen molar-refractivity contribution in [2.75, 3.05) is 5.32 Å². The molecule has 5 nitrogen and oxygen atoms in total. The van der Waals surface area contributed by atoms with Crippen molar-refractivity contribution in [2.45, 2.75) is 19.0 Å². The predicted molar refractivity (Wildman–Crippen MR) is 109 cm³/mol. The van der Waals surface area contributed by atoms with Crippen LogP contribution in [0.1, 0.15) is 21.5 Å². The van der Waals surface area contributed by atoms with E-state index >= 15 is 0 Å². The second kappa shape index (κ2) is 7.62. The number of nitrogens with one attached hydrogen (secondary N) is 1. The molecule has 7 heteroatoms. The summed E-state index contributed by atoms with van der Waals surface area (Å²) in [7, 11) is 0. The highest BCUT2D eigenvalue weighted by atomic mass is 79.9. The Morgan fingerprint density at radius 1 is 1.19 bits per heavy atom. The zero-order valence-corrected chi connectivity index (χ0v) is 16.7. The summed E-state index contributed by atoms with van der Waals surface area (Å²) in [6, 6.07) is 16.6. The molecule has 136 valence electrons. The maximum absolute atomic E-state index is 13.1. The van der Waals surface area contributed by atoms with Gasteiger partial charge >= 0.3 is 0 Å². The van der Waals surface area contributed by atoms with E-state index in [2.05, 4.69) is 26.2 Å². The van der Waals surface area contributed by atoms with Crippen molar-refractivity contribution in [3.63, 3.8) is 0 Å². The van der Waals surface area contributed by atoms with Gasteiger partial charge in [-0.2, -0.15) is 0 Å². The van der Waals surface area contributed by atoms with Gasteiger partial charge in [0.1, 0.15) is 10.6 Å². The van der Waals surface area contributed by atoms with E-state index in [1.165, 1.54) is 11.3 Å². The highest BCUT2D eigenvalue weighted by Crippen LogP contribution is 2.27. The minimum Gasteiger partial charge on any atom is -0.322 e. The fraction of sp³-hybridized carbons (Fsp3) is 0.150. The molecule has 1 aliphatic rings. The van der Waals surface area contributed by atoms with Crippen LogP contribution in [0, 0.1) is 0 Å². The van der Waals surface area contributed by atoms with E-state index in [1.807, 2.05) is 54.6 Å². The van der Waals surface area contributed by atoms with Gasteiger partial charge in [0.2, 0.25) is 5.91 Å². The van der Waals surface area contributed by atoms with E-state index in [1.54, 1.807) is 10.3 Å². The minimum absolute atomic E-state index is 0.109. The van der Waals surface area contributed by atoms with Crippen LogP contribution in [0.5, 0.6) is 0 Å². The number of fused-ring (bicyclic) bond motifs is 1. The number of hydrogen-bond donors (Lipinski definition) is 1. The van der Waals surface area contributed by atoms with E-state index in [0.717, 1.165) is 11.1 Å². The lowest BCUT2D eigenvalue weighted by atomic mass is 10.0. The second-order valence-corrected chi connectivity index (χ2v) is 7.93. The molecule has 1 unspecified atom stereocenters. The highest BCUT2D eigenvalue weighted by Gasteiger charge is 2.36. The Morgan fingerprint density at radius 3 is 2.63 bits per heavy atom. The molecule has 2 heterocycles. The fourth-order valence-electron chi connectivity index (χ4n) is 3.21. The van der Waals surface area contributed by atoms with Gasteiger partial charge in [0, 0.05) is 23.9 Å². The van der Waals surface area contributed by atoms with Crippen molar-refractivity contribution in [3.05, 3.63) is 81.3 Å². The summed E-state index contributed by atoms with van der Waals surface area (Å²) >= 11 is 4.63.